The Morgan fingerprint density at radius 2 is 2.00 bits per heavy atom. The molecule has 8 nitrogen and oxygen atoms in total. The van der Waals surface area contributed by atoms with Gasteiger partial charge in [0.2, 0.25) is 0 Å². The van der Waals surface area contributed by atoms with Crippen molar-refractivity contribution in [2.24, 2.45) is 0 Å². The van der Waals surface area contributed by atoms with E-state index < -0.39 is 0 Å². The van der Waals surface area contributed by atoms with Crippen LogP contribution in [0.3, 0.4) is 0 Å². The van der Waals surface area contributed by atoms with Gasteiger partial charge in [-0.3, -0.25) is 0 Å². The van der Waals surface area contributed by atoms with Crippen molar-refractivity contribution in [3.05, 3.63) is 65.3 Å². The summed E-state index contributed by atoms with van der Waals surface area (Å²) in [6.07, 6.45) is 0. The zero-order valence-electron chi connectivity index (χ0n) is 15.1. The summed E-state index contributed by atoms with van der Waals surface area (Å²) in [5.74, 6) is 1.31. The van der Waals surface area contributed by atoms with Crippen LogP contribution in [0.15, 0.2) is 53.9 Å². The molecule has 0 unspecified atom stereocenters. The van der Waals surface area contributed by atoms with Crippen molar-refractivity contribution in [1.29, 1.82) is 0 Å². The maximum absolute atomic E-state index is 12.1. The van der Waals surface area contributed by atoms with E-state index in [1.54, 1.807) is 23.0 Å². The number of rotatable bonds is 6. The van der Waals surface area contributed by atoms with Crippen LogP contribution in [0.5, 0.6) is 5.75 Å². The van der Waals surface area contributed by atoms with Crippen molar-refractivity contribution in [2.75, 3.05) is 7.11 Å². The van der Waals surface area contributed by atoms with Gasteiger partial charge in [-0.1, -0.05) is 18.2 Å². The number of amides is 2. The standard InChI is InChI=1S/C19H18N6O2S/c1-27-14-5-2-4-13(10-14)11-20-19(26)21-12-18-23-22-17-8-7-15(24-25(17)18)16-6-3-9-28-16/h2-10H,11-12H2,1H3,(H2,20,21,26). The first kappa shape index (κ1) is 17.9. The second-order valence-electron chi connectivity index (χ2n) is 5.97. The maximum Gasteiger partial charge on any atom is 0.315 e. The highest BCUT2D eigenvalue weighted by atomic mass is 32.1. The number of nitrogens with zero attached hydrogens (tertiary/aromatic N) is 4. The van der Waals surface area contributed by atoms with E-state index in [4.69, 9.17) is 4.74 Å². The highest BCUT2D eigenvalue weighted by molar-refractivity contribution is 7.13. The molecule has 0 aliphatic heterocycles. The number of methoxy groups -OCH3 is 1. The lowest BCUT2D eigenvalue weighted by Gasteiger charge is -2.08. The number of nitrogens with one attached hydrogen (secondary N) is 2. The Morgan fingerprint density at radius 3 is 2.82 bits per heavy atom. The summed E-state index contributed by atoms with van der Waals surface area (Å²) in [5, 5.41) is 20.4. The lowest BCUT2D eigenvalue weighted by molar-refractivity contribution is 0.239. The highest BCUT2D eigenvalue weighted by Crippen LogP contribution is 2.22. The molecule has 0 aliphatic carbocycles. The van der Waals surface area contributed by atoms with Crippen LogP contribution in [0.1, 0.15) is 11.4 Å². The molecule has 0 saturated heterocycles. The number of thiophene rings is 1. The molecular formula is C19H18N6O2S. The zero-order valence-corrected chi connectivity index (χ0v) is 15.9. The SMILES string of the molecule is COc1cccc(CNC(=O)NCc2nnc3ccc(-c4cccs4)nn23)c1. The number of hydrogen-bond donors (Lipinski definition) is 2. The van der Waals surface area contributed by atoms with E-state index in [2.05, 4.69) is 25.9 Å². The quantitative estimate of drug-likeness (QED) is 0.525. The molecule has 0 spiro atoms. The molecule has 0 bridgehead atoms. The second kappa shape index (κ2) is 8.05. The zero-order chi connectivity index (χ0) is 19.3. The van der Waals surface area contributed by atoms with E-state index in [0.29, 0.717) is 18.0 Å². The number of fused-ring (bicyclic) bond motifs is 1. The molecule has 1 aromatic carbocycles. The smallest absolute Gasteiger partial charge is 0.315 e. The number of carbonyl (C=O) groups is 1. The fourth-order valence-electron chi connectivity index (χ4n) is 2.69. The summed E-state index contributed by atoms with van der Waals surface area (Å²) in [6.45, 7) is 0.608. The average Bonchev–Trinajstić information content (AvgIpc) is 3.40. The molecule has 0 fully saturated rings. The van der Waals surface area contributed by atoms with Crippen molar-refractivity contribution in [2.45, 2.75) is 13.1 Å². The molecule has 9 heteroatoms. The maximum atomic E-state index is 12.1. The van der Waals surface area contributed by atoms with Crippen molar-refractivity contribution in [1.82, 2.24) is 30.4 Å². The largest absolute Gasteiger partial charge is 0.497 e. The molecule has 3 heterocycles. The normalized spacial score (nSPS) is 10.8. The second-order valence-corrected chi connectivity index (χ2v) is 6.92. The topological polar surface area (TPSA) is 93.4 Å². The third-order valence-corrected chi connectivity index (χ3v) is 4.99. The van der Waals surface area contributed by atoms with Crippen LogP contribution in [0.2, 0.25) is 0 Å². The van der Waals surface area contributed by atoms with Gasteiger partial charge in [-0.25, -0.2) is 4.79 Å². The number of aromatic nitrogens is 4. The Balaban J connectivity index is 1.39. The molecule has 4 aromatic rings. The summed E-state index contributed by atoms with van der Waals surface area (Å²) in [6, 6.07) is 15.0. The van der Waals surface area contributed by atoms with Gasteiger partial charge < -0.3 is 15.4 Å². The molecule has 0 radical (unpaired) electrons. The number of ether oxygens (including phenoxy) is 1. The first-order valence-corrected chi connectivity index (χ1v) is 9.51. The van der Waals surface area contributed by atoms with Crippen LogP contribution < -0.4 is 15.4 Å². The summed E-state index contributed by atoms with van der Waals surface area (Å²) >= 11 is 1.61. The minimum Gasteiger partial charge on any atom is -0.497 e. The van der Waals surface area contributed by atoms with E-state index in [1.807, 2.05) is 53.9 Å². The first-order chi connectivity index (χ1) is 13.7. The van der Waals surface area contributed by atoms with Crippen LogP contribution >= 0.6 is 11.3 Å². The number of urea groups is 1. The van der Waals surface area contributed by atoms with Crippen LogP contribution in [0, 0.1) is 0 Å². The Labute approximate surface area is 165 Å². The van der Waals surface area contributed by atoms with Crippen LogP contribution in [-0.4, -0.2) is 33.0 Å². The van der Waals surface area contributed by atoms with Crippen LogP contribution in [0.4, 0.5) is 4.79 Å². The minimum absolute atomic E-state index is 0.214. The Morgan fingerprint density at radius 1 is 1.11 bits per heavy atom. The van der Waals surface area contributed by atoms with Crippen molar-refractivity contribution in [3.8, 4) is 16.3 Å². The lowest BCUT2D eigenvalue weighted by Crippen LogP contribution is -2.35. The Hall–Kier alpha value is -3.46. The van der Waals surface area contributed by atoms with Gasteiger partial charge in [0.1, 0.15) is 11.4 Å². The molecule has 142 valence electrons. The molecule has 4 rings (SSSR count). The number of benzene rings is 1. The lowest BCUT2D eigenvalue weighted by atomic mass is 10.2. The number of carbonyl (C=O) groups excluding carboxylic acids is 1. The van der Waals surface area contributed by atoms with Gasteiger partial charge in [0.15, 0.2) is 11.5 Å². The van der Waals surface area contributed by atoms with Crippen LogP contribution in [-0.2, 0) is 13.1 Å². The molecule has 0 saturated carbocycles. The fourth-order valence-corrected chi connectivity index (χ4v) is 3.38. The van der Waals surface area contributed by atoms with E-state index >= 15 is 0 Å². The van der Waals surface area contributed by atoms with E-state index in [9.17, 15) is 4.79 Å². The van der Waals surface area contributed by atoms with Crippen molar-refractivity contribution < 1.29 is 9.53 Å². The van der Waals surface area contributed by atoms with Crippen molar-refractivity contribution >= 4 is 23.0 Å². The Bertz CT molecular complexity index is 1090. The molecule has 28 heavy (non-hydrogen) atoms. The third kappa shape index (κ3) is 3.94. The molecule has 0 atom stereocenters. The van der Waals surface area contributed by atoms with Crippen molar-refractivity contribution in [3.63, 3.8) is 0 Å². The summed E-state index contributed by atoms with van der Waals surface area (Å²) < 4.78 is 6.83. The average molecular weight is 394 g/mol. The summed E-state index contributed by atoms with van der Waals surface area (Å²) in [7, 11) is 1.61. The predicted molar refractivity (Wildman–Crippen MR) is 106 cm³/mol. The minimum atomic E-state index is -0.297. The van der Waals surface area contributed by atoms with Gasteiger partial charge in [-0.05, 0) is 41.3 Å². The molecule has 3 aromatic heterocycles. The summed E-state index contributed by atoms with van der Waals surface area (Å²) in [4.78, 5) is 13.2. The van der Waals surface area contributed by atoms with Gasteiger partial charge in [-0.2, -0.15) is 9.61 Å². The van der Waals surface area contributed by atoms with Gasteiger partial charge in [0, 0.05) is 6.54 Å². The molecule has 2 amide bonds. The summed E-state index contributed by atoms with van der Waals surface area (Å²) in [5.41, 5.74) is 2.42. The third-order valence-electron chi connectivity index (χ3n) is 4.10. The van der Waals surface area contributed by atoms with Gasteiger partial charge in [0.05, 0.1) is 18.5 Å². The van der Waals surface area contributed by atoms with Gasteiger partial charge in [-0.15, -0.1) is 21.5 Å². The van der Waals surface area contributed by atoms with Crippen LogP contribution in [0.25, 0.3) is 16.2 Å². The highest BCUT2D eigenvalue weighted by Gasteiger charge is 2.10. The van der Waals surface area contributed by atoms with Gasteiger partial charge >= 0.3 is 6.03 Å². The fraction of sp³-hybridized carbons (Fsp3) is 0.158. The van der Waals surface area contributed by atoms with E-state index in [1.165, 1.54) is 0 Å². The van der Waals surface area contributed by atoms with Gasteiger partial charge in [0.25, 0.3) is 0 Å². The first-order valence-electron chi connectivity index (χ1n) is 8.63. The predicted octanol–water partition coefficient (Wildman–Crippen LogP) is 2.86. The Kier molecular flexibility index (Phi) is 5.16. The molecule has 2 N–H and O–H groups in total. The molecule has 0 aliphatic rings. The monoisotopic (exact) mass is 394 g/mol. The van der Waals surface area contributed by atoms with E-state index in [0.717, 1.165) is 21.9 Å². The molecular weight excluding hydrogens is 376 g/mol. The van der Waals surface area contributed by atoms with E-state index in [-0.39, 0.29) is 12.6 Å². The number of hydrogen-bond acceptors (Lipinski definition) is 6.